The van der Waals surface area contributed by atoms with Crippen molar-refractivity contribution in [2.24, 2.45) is 5.84 Å². The normalized spacial score (nSPS) is 18.8. The van der Waals surface area contributed by atoms with Crippen LogP contribution in [0.5, 0.6) is 0 Å². The molecule has 1 heterocycles. The second kappa shape index (κ2) is 6.38. The topological polar surface area (TPSA) is 50.5 Å². The molecule has 1 rings (SSSR count). The first kappa shape index (κ1) is 14.5. The summed E-state index contributed by atoms with van der Waals surface area (Å²) in [5.41, 5.74) is 4.35. The number of nitrogens with one attached hydrogen (secondary N) is 1. The van der Waals surface area contributed by atoms with Crippen molar-refractivity contribution in [3.05, 3.63) is 11.8 Å². The van der Waals surface area contributed by atoms with Crippen molar-refractivity contribution in [2.75, 3.05) is 20.7 Å². The SMILES string of the molecule is CCC(CC)(C(NN)C1=COCCC1)N(C)C. The molecular formula is C13H27N3O. The molecule has 1 aliphatic heterocycles. The van der Waals surface area contributed by atoms with E-state index in [1.54, 1.807) is 0 Å². The molecule has 1 atom stereocenters. The molecule has 0 saturated heterocycles. The fourth-order valence-corrected chi connectivity index (χ4v) is 2.95. The lowest BCUT2D eigenvalue weighted by Crippen LogP contribution is -2.61. The number of nitrogens with zero attached hydrogens (tertiary/aromatic N) is 1. The van der Waals surface area contributed by atoms with Crippen LogP contribution in [-0.4, -0.2) is 37.2 Å². The summed E-state index contributed by atoms with van der Waals surface area (Å²) in [5.74, 6) is 5.81. The number of hydrogen-bond acceptors (Lipinski definition) is 4. The molecule has 0 spiro atoms. The minimum Gasteiger partial charge on any atom is -0.501 e. The Morgan fingerprint density at radius 3 is 2.47 bits per heavy atom. The molecule has 0 amide bonds. The molecule has 4 heteroatoms. The van der Waals surface area contributed by atoms with Crippen molar-refractivity contribution >= 4 is 0 Å². The van der Waals surface area contributed by atoms with E-state index >= 15 is 0 Å². The molecule has 0 saturated carbocycles. The van der Waals surface area contributed by atoms with Gasteiger partial charge in [-0.25, -0.2) is 0 Å². The van der Waals surface area contributed by atoms with Crippen molar-refractivity contribution in [1.82, 2.24) is 10.3 Å². The fourth-order valence-electron chi connectivity index (χ4n) is 2.95. The molecule has 0 aliphatic carbocycles. The molecule has 100 valence electrons. The maximum absolute atomic E-state index is 5.81. The number of nitrogens with two attached hydrogens (primary N) is 1. The lowest BCUT2D eigenvalue weighted by Gasteiger charge is -2.46. The monoisotopic (exact) mass is 241 g/mol. The molecule has 0 fully saturated rings. The van der Waals surface area contributed by atoms with Gasteiger partial charge in [-0.3, -0.25) is 11.3 Å². The third-order valence-electron chi connectivity index (χ3n) is 4.15. The first-order valence-electron chi connectivity index (χ1n) is 6.56. The predicted molar refractivity (Wildman–Crippen MR) is 71.4 cm³/mol. The van der Waals surface area contributed by atoms with Crippen LogP contribution in [0.2, 0.25) is 0 Å². The highest BCUT2D eigenvalue weighted by atomic mass is 16.5. The van der Waals surface area contributed by atoms with Crippen molar-refractivity contribution in [3.63, 3.8) is 0 Å². The second-order valence-corrected chi connectivity index (χ2v) is 4.97. The van der Waals surface area contributed by atoms with E-state index in [-0.39, 0.29) is 11.6 Å². The Morgan fingerprint density at radius 1 is 1.47 bits per heavy atom. The highest BCUT2D eigenvalue weighted by Gasteiger charge is 2.39. The van der Waals surface area contributed by atoms with E-state index in [9.17, 15) is 0 Å². The summed E-state index contributed by atoms with van der Waals surface area (Å²) in [6.07, 6.45) is 6.18. The fraction of sp³-hybridized carbons (Fsp3) is 0.846. The zero-order valence-electron chi connectivity index (χ0n) is 11.6. The summed E-state index contributed by atoms with van der Waals surface area (Å²) in [6.45, 7) is 5.27. The van der Waals surface area contributed by atoms with Gasteiger partial charge in [0.1, 0.15) is 0 Å². The van der Waals surface area contributed by atoms with Gasteiger partial charge in [0.25, 0.3) is 0 Å². The van der Waals surface area contributed by atoms with E-state index in [1.807, 2.05) is 6.26 Å². The van der Waals surface area contributed by atoms with Crippen molar-refractivity contribution in [2.45, 2.75) is 51.1 Å². The van der Waals surface area contributed by atoms with Crippen LogP contribution in [0.25, 0.3) is 0 Å². The summed E-state index contributed by atoms with van der Waals surface area (Å²) in [4.78, 5) is 2.28. The summed E-state index contributed by atoms with van der Waals surface area (Å²) in [7, 11) is 4.25. The lowest BCUT2D eigenvalue weighted by molar-refractivity contribution is 0.0953. The number of rotatable bonds is 6. The maximum atomic E-state index is 5.81. The minimum atomic E-state index is 0.0568. The Hall–Kier alpha value is -0.580. The summed E-state index contributed by atoms with van der Waals surface area (Å²) < 4.78 is 5.45. The van der Waals surface area contributed by atoms with Gasteiger partial charge in [-0.15, -0.1) is 0 Å². The average Bonchev–Trinajstić information content (AvgIpc) is 2.36. The molecule has 0 aromatic carbocycles. The standard InChI is InChI=1S/C13H27N3O/c1-5-13(6-2,16(3)4)12(15-14)11-8-7-9-17-10-11/h10,12,15H,5-9,14H2,1-4H3. The molecule has 0 aromatic heterocycles. The van der Waals surface area contributed by atoms with Gasteiger partial charge in [-0.1, -0.05) is 13.8 Å². The van der Waals surface area contributed by atoms with Gasteiger partial charge in [0.05, 0.1) is 18.9 Å². The number of hydrogen-bond donors (Lipinski definition) is 2. The van der Waals surface area contributed by atoms with E-state index in [4.69, 9.17) is 10.6 Å². The molecule has 17 heavy (non-hydrogen) atoms. The molecule has 1 aliphatic rings. The van der Waals surface area contributed by atoms with Crippen molar-refractivity contribution < 1.29 is 4.74 Å². The Balaban J connectivity index is 2.99. The van der Waals surface area contributed by atoms with Crippen molar-refractivity contribution in [3.8, 4) is 0 Å². The molecule has 1 unspecified atom stereocenters. The molecule has 0 aromatic rings. The first-order valence-corrected chi connectivity index (χ1v) is 6.56. The smallest absolute Gasteiger partial charge is 0.0876 e. The van der Waals surface area contributed by atoms with E-state index in [0.29, 0.717) is 0 Å². The zero-order chi connectivity index (χ0) is 12.9. The Bertz CT molecular complexity index is 259. The van der Waals surface area contributed by atoms with Gasteiger partial charge in [0.2, 0.25) is 0 Å². The summed E-state index contributed by atoms with van der Waals surface area (Å²) in [5, 5.41) is 0. The largest absolute Gasteiger partial charge is 0.501 e. The minimum absolute atomic E-state index is 0.0568. The van der Waals surface area contributed by atoms with Crippen LogP contribution < -0.4 is 11.3 Å². The van der Waals surface area contributed by atoms with E-state index < -0.39 is 0 Å². The zero-order valence-corrected chi connectivity index (χ0v) is 11.6. The first-order chi connectivity index (χ1) is 8.12. The van der Waals surface area contributed by atoms with Gasteiger partial charge in [-0.05, 0) is 45.4 Å². The Kier molecular flexibility index (Phi) is 5.43. The van der Waals surface area contributed by atoms with E-state index in [1.165, 1.54) is 5.57 Å². The average molecular weight is 241 g/mol. The van der Waals surface area contributed by atoms with Crippen LogP contribution in [0, 0.1) is 0 Å². The maximum Gasteiger partial charge on any atom is 0.0876 e. The van der Waals surface area contributed by atoms with Gasteiger partial charge in [0, 0.05) is 5.54 Å². The molecule has 0 bridgehead atoms. The second-order valence-electron chi connectivity index (χ2n) is 4.97. The number of hydrazine groups is 1. The van der Waals surface area contributed by atoms with Crippen LogP contribution in [0.1, 0.15) is 39.5 Å². The molecule has 0 radical (unpaired) electrons. The molecular weight excluding hydrogens is 214 g/mol. The highest BCUT2D eigenvalue weighted by molar-refractivity contribution is 5.18. The lowest BCUT2D eigenvalue weighted by atomic mass is 9.78. The molecule has 3 N–H and O–H groups in total. The molecule has 4 nitrogen and oxygen atoms in total. The summed E-state index contributed by atoms with van der Waals surface area (Å²) in [6, 6.07) is 0.160. The Morgan fingerprint density at radius 2 is 2.12 bits per heavy atom. The van der Waals surface area contributed by atoms with Crippen LogP contribution in [0.4, 0.5) is 0 Å². The number of ether oxygens (including phenoxy) is 1. The third kappa shape index (κ3) is 2.81. The van der Waals surface area contributed by atoms with Gasteiger partial charge < -0.3 is 9.64 Å². The number of likely N-dealkylation sites (N-methyl/N-ethyl adjacent to an activating group) is 1. The summed E-state index contributed by atoms with van der Waals surface area (Å²) >= 11 is 0. The third-order valence-corrected chi connectivity index (χ3v) is 4.15. The van der Waals surface area contributed by atoms with Gasteiger partial charge in [0.15, 0.2) is 0 Å². The van der Waals surface area contributed by atoms with Gasteiger partial charge in [-0.2, -0.15) is 0 Å². The van der Waals surface area contributed by atoms with Crippen LogP contribution in [0.15, 0.2) is 11.8 Å². The van der Waals surface area contributed by atoms with Crippen LogP contribution in [0.3, 0.4) is 0 Å². The van der Waals surface area contributed by atoms with E-state index in [0.717, 1.165) is 32.3 Å². The van der Waals surface area contributed by atoms with Crippen LogP contribution >= 0.6 is 0 Å². The van der Waals surface area contributed by atoms with Crippen LogP contribution in [-0.2, 0) is 4.74 Å². The predicted octanol–water partition coefficient (Wildman–Crippen LogP) is 1.63. The quantitative estimate of drug-likeness (QED) is 0.548. The Labute approximate surface area is 105 Å². The van der Waals surface area contributed by atoms with Gasteiger partial charge >= 0.3 is 0 Å². The van der Waals surface area contributed by atoms with E-state index in [2.05, 4.69) is 38.3 Å². The highest BCUT2D eigenvalue weighted by Crippen LogP contribution is 2.32. The van der Waals surface area contributed by atoms with Crippen molar-refractivity contribution in [1.29, 1.82) is 0 Å².